The van der Waals surface area contributed by atoms with Crippen molar-refractivity contribution < 1.29 is 25.0 Å². The molecule has 0 aliphatic heterocycles. The van der Waals surface area contributed by atoms with Crippen molar-refractivity contribution in [2.75, 3.05) is 6.54 Å². The molecule has 1 unspecified atom stereocenters. The number of carboxylic acids is 1. The standard InChI is InChI=1S/C7H10N4O5/c12-5(7(14)15)1-2-8-6(13)4-3-11(16)10-9-4/h3,5,12,16H,1-2H2,(H,8,13)(H,14,15). The molecule has 0 spiro atoms. The Bertz CT molecular complexity index is 390. The van der Waals surface area contributed by atoms with E-state index in [2.05, 4.69) is 15.6 Å². The van der Waals surface area contributed by atoms with Crippen LogP contribution in [0.1, 0.15) is 16.9 Å². The number of aliphatic hydroxyl groups is 1. The molecule has 0 aliphatic carbocycles. The van der Waals surface area contributed by atoms with Crippen LogP contribution in [-0.2, 0) is 4.79 Å². The van der Waals surface area contributed by atoms with Crippen molar-refractivity contribution in [1.82, 2.24) is 20.5 Å². The monoisotopic (exact) mass is 230 g/mol. The van der Waals surface area contributed by atoms with E-state index in [9.17, 15) is 9.59 Å². The van der Waals surface area contributed by atoms with E-state index in [0.29, 0.717) is 4.85 Å². The molecule has 1 rings (SSSR count). The van der Waals surface area contributed by atoms with Crippen LogP contribution in [0.3, 0.4) is 0 Å². The van der Waals surface area contributed by atoms with E-state index in [0.717, 1.165) is 6.20 Å². The molecule has 88 valence electrons. The van der Waals surface area contributed by atoms with Gasteiger partial charge in [-0.2, -0.15) is 0 Å². The lowest BCUT2D eigenvalue weighted by Gasteiger charge is -2.05. The Morgan fingerprint density at radius 3 is 2.75 bits per heavy atom. The summed E-state index contributed by atoms with van der Waals surface area (Å²) in [6.07, 6.45) is -0.647. The van der Waals surface area contributed by atoms with Gasteiger partial charge in [0.15, 0.2) is 11.8 Å². The zero-order valence-electron chi connectivity index (χ0n) is 8.07. The second-order valence-electron chi connectivity index (χ2n) is 2.92. The highest BCUT2D eigenvalue weighted by molar-refractivity contribution is 5.91. The molecule has 0 aliphatic rings. The number of nitrogens with zero attached hydrogens (tertiary/aromatic N) is 3. The molecule has 0 saturated carbocycles. The minimum Gasteiger partial charge on any atom is -0.479 e. The number of hydrogen-bond acceptors (Lipinski definition) is 6. The molecule has 1 heterocycles. The zero-order chi connectivity index (χ0) is 12.1. The first kappa shape index (κ1) is 11.9. The van der Waals surface area contributed by atoms with Gasteiger partial charge in [0.05, 0.1) is 6.20 Å². The third kappa shape index (κ3) is 3.20. The first-order valence-electron chi connectivity index (χ1n) is 4.31. The van der Waals surface area contributed by atoms with Gasteiger partial charge >= 0.3 is 5.97 Å². The summed E-state index contributed by atoms with van der Waals surface area (Å²) in [5.74, 6) is -1.96. The highest BCUT2D eigenvalue weighted by Gasteiger charge is 2.14. The number of carbonyl (C=O) groups is 2. The quantitative estimate of drug-likeness (QED) is 0.432. The maximum absolute atomic E-state index is 11.2. The number of nitrogens with one attached hydrogen (secondary N) is 1. The Morgan fingerprint density at radius 2 is 2.25 bits per heavy atom. The summed E-state index contributed by atoms with van der Waals surface area (Å²) >= 11 is 0. The van der Waals surface area contributed by atoms with Crippen molar-refractivity contribution in [3.63, 3.8) is 0 Å². The van der Waals surface area contributed by atoms with Gasteiger partial charge in [0, 0.05) is 13.0 Å². The fraction of sp³-hybridized carbons (Fsp3) is 0.429. The number of amides is 1. The lowest BCUT2D eigenvalue weighted by molar-refractivity contribution is -0.146. The molecule has 9 heteroatoms. The number of carboxylic acid groups (broad SMARTS) is 1. The van der Waals surface area contributed by atoms with Gasteiger partial charge in [-0.25, -0.2) is 4.79 Å². The molecule has 0 saturated heterocycles. The van der Waals surface area contributed by atoms with E-state index in [1.165, 1.54) is 0 Å². The van der Waals surface area contributed by atoms with Crippen LogP contribution in [-0.4, -0.2) is 55.1 Å². The minimum atomic E-state index is -1.52. The van der Waals surface area contributed by atoms with Crippen molar-refractivity contribution in [2.45, 2.75) is 12.5 Å². The van der Waals surface area contributed by atoms with E-state index >= 15 is 0 Å². The van der Waals surface area contributed by atoms with E-state index in [4.69, 9.17) is 15.4 Å². The summed E-state index contributed by atoms with van der Waals surface area (Å²) in [5.41, 5.74) is -0.104. The van der Waals surface area contributed by atoms with E-state index in [1.54, 1.807) is 0 Å². The van der Waals surface area contributed by atoms with E-state index in [-0.39, 0.29) is 18.7 Å². The molecule has 0 bridgehead atoms. The smallest absolute Gasteiger partial charge is 0.332 e. The van der Waals surface area contributed by atoms with E-state index in [1.807, 2.05) is 0 Å². The summed E-state index contributed by atoms with van der Waals surface area (Å²) in [4.78, 5) is 21.8. The Kier molecular flexibility index (Phi) is 3.78. The van der Waals surface area contributed by atoms with Crippen LogP contribution in [0.25, 0.3) is 0 Å². The molecule has 1 aromatic rings. The van der Waals surface area contributed by atoms with Crippen molar-refractivity contribution in [1.29, 1.82) is 0 Å². The van der Waals surface area contributed by atoms with Gasteiger partial charge < -0.3 is 20.7 Å². The molecule has 9 nitrogen and oxygen atoms in total. The van der Waals surface area contributed by atoms with Gasteiger partial charge in [0.25, 0.3) is 5.91 Å². The fourth-order valence-corrected chi connectivity index (χ4v) is 0.896. The number of aliphatic hydroxyl groups excluding tert-OH is 1. The number of hydrogen-bond donors (Lipinski definition) is 4. The topological polar surface area (TPSA) is 138 Å². The number of aliphatic carboxylic acids is 1. The SMILES string of the molecule is O=C(NCCC(O)C(=O)O)c1cn(O)nn1. The summed E-state index contributed by atoms with van der Waals surface area (Å²) in [6.45, 7) is -0.0232. The second-order valence-corrected chi connectivity index (χ2v) is 2.92. The highest BCUT2D eigenvalue weighted by Crippen LogP contribution is 1.93. The normalized spacial score (nSPS) is 12.1. The molecule has 0 radical (unpaired) electrons. The molecule has 4 N–H and O–H groups in total. The molecule has 1 aromatic heterocycles. The number of aromatic nitrogens is 3. The van der Waals surface area contributed by atoms with Crippen molar-refractivity contribution in [2.24, 2.45) is 0 Å². The third-order valence-corrected chi connectivity index (χ3v) is 1.70. The zero-order valence-corrected chi connectivity index (χ0v) is 8.07. The van der Waals surface area contributed by atoms with Crippen LogP contribution in [0, 0.1) is 0 Å². The fourth-order valence-electron chi connectivity index (χ4n) is 0.896. The molecule has 0 fully saturated rings. The van der Waals surface area contributed by atoms with Crippen molar-refractivity contribution in [3.05, 3.63) is 11.9 Å². The van der Waals surface area contributed by atoms with Crippen LogP contribution in [0.5, 0.6) is 0 Å². The first-order valence-corrected chi connectivity index (χ1v) is 4.31. The average molecular weight is 230 g/mol. The molecular weight excluding hydrogens is 220 g/mol. The Hall–Kier alpha value is -2.16. The lowest BCUT2D eigenvalue weighted by Crippen LogP contribution is -2.30. The highest BCUT2D eigenvalue weighted by atomic mass is 16.5. The van der Waals surface area contributed by atoms with Gasteiger partial charge in [-0.1, -0.05) is 4.85 Å². The summed E-state index contributed by atoms with van der Waals surface area (Å²) in [6, 6.07) is 0. The minimum absolute atomic E-state index is 0.0232. The van der Waals surface area contributed by atoms with Gasteiger partial charge in [-0.15, -0.1) is 5.10 Å². The predicted molar refractivity (Wildman–Crippen MR) is 47.8 cm³/mol. The molecule has 0 aromatic carbocycles. The predicted octanol–water partition coefficient (Wildman–Crippen LogP) is -1.92. The van der Waals surface area contributed by atoms with Crippen LogP contribution in [0.2, 0.25) is 0 Å². The summed E-state index contributed by atoms with van der Waals surface area (Å²) < 4.78 is 0. The van der Waals surface area contributed by atoms with Crippen LogP contribution in [0.4, 0.5) is 0 Å². The van der Waals surface area contributed by atoms with Crippen LogP contribution < -0.4 is 5.32 Å². The van der Waals surface area contributed by atoms with Crippen molar-refractivity contribution in [3.8, 4) is 0 Å². The maximum Gasteiger partial charge on any atom is 0.332 e. The second kappa shape index (κ2) is 5.07. The summed E-state index contributed by atoms with van der Waals surface area (Å²) in [7, 11) is 0. The lowest BCUT2D eigenvalue weighted by atomic mass is 10.2. The molecule has 1 amide bonds. The van der Waals surface area contributed by atoms with Gasteiger partial charge in [-0.05, 0) is 5.21 Å². The molecular formula is C7H10N4O5. The van der Waals surface area contributed by atoms with E-state index < -0.39 is 18.0 Å². The van der Waals surface area contributed by atoms with Crippen molar-refractivity contribution >= 4 is 11.9 Å². The third-order valence-electron chi connectivity index (χ3n) is 1.70. The van der Waals surface area contributed by atoms with Crippen LogP contribution >= 0.6 is 0 Å². The average Bonchev–Trinajstić information content (AvgIpc) is 2.64. The van der Waals surface area contributed by atoms with Gasteiger partial charge in [-0.3, -0.25) is 4.79 Å². The van der Waals surface area contributed by atoms with Gasteiger partial charge in [0.1, 0.15) is 0 Å². The van der Waals surface area contributed by atoms with Gasteiger partial charge in [0.2, 0.25) is 0 Å². The number of carbonyl (C=O) groups excluding carboxylic acids is 1. The Morgan fingerprint density at radius 1 is 1.56 bits per heavy atom. The Labute approximate surface area is 89.3 Å². The first-order chi connectivity index (χ1) is 7.50. The largest absolute Gasteiger partial charge is 0.479 e. The molecule has 16 heavy (non-hydrogen) atoms. The number of rotatable bonds is 5. The summed E-state index contributed by atoms with van der Waals surface area (Å²) in [5, 5.41) is 34.7. The maximum atomic E-state index is 11.2. The molecule has 1 atom stereocenters. The Balaban J connectivity index is 2.34. The van der Waals surface area contributed by atoms with Crippen LogP contribution in [0.15, 0.2) is 6.20 Å².